The van der Waals surface area contributed by atoms with Gasteiger partial charge in [-0.15, -0.1) is 11.3 Å². The van der Waals surface area contributed by atoms with E-state index in [0.717, 1.165) is 29.8 Å². The minimum Gasteiger partial charge on any atom is -0.348 e. The molecule has 36 heavy (non-hydrogen) atoms. The Morgan fingerprint density at radius 1 is 1.06 bits per heavy atom. The van der Waals surface area contributed by atoms with Gasteiger partial charge in [0.1, 0.15) is 0 Å². The summed E-state index contributed by atoms with van der Waals surface area (Å²) in [5.41, 5.74) is 1.97. The Morgan fingerprint density at radius 3 is 2.72 bits per heavy atom. The highest BCUT2D eigenvalue weighted by Crippen LogP contribution is 2.24. The van der Waals surface area contributed by atoms with Crippen LogP contribution in [0.2, 0.25) is 0 Å². The van der Waals surface area contributed by atoms with Gasteiger partial charge in [-0.05, 0) is 48.5 Å². The van der Waals surface area contributed by atoms with Crippen LogP contribution in [0.1, 0.15) is 34.7 Å². The minimum atomic E-state index is -0.224. The van der Waals surface area contributed by atoms with E-state index in [1.165, 1.54) is 0 Å². The number of thiophene rings is 1. The second-order valence-electron chi connectivity index (χ2n) is 8.77. The van der Waals surface area contributed by atoms with Gasteiger partial charge in [0.05, 0.1) is 28.6 Å². The van der Waals surface area contributed by atoms with Crippen LogP contribution in [0.4, 0.5) is 5.69 Å². The third-order valence-electron chi connectivity index (χ3n) is 6.17. The van der Waals surface area contributed by atoms with Crippen LogP contribution in [0.5, 0.6) is 0 Å². The summed E-state index contributed by atoms with van der Waals surface area (Å²) in [5, 5.41) is 12.0. The first-order chi connectivity index (χ1) is 17.7. The largest absolute Gasteiger partial charge is 0.348 e. The summed E-state index contributed by atoms with van der Waals surface area (Å²) in [4.78, 5) is 33.6. The van der Waals surface area contributed by atoms with Crippen molar-refractivity contribution in [3.63, 3.8) is 0 Å². The van der Waals surface area contributed by atoms with Crippen molar-refractivity contribution in [3.05, 3.63) is 89.1 Å². The molecule has 1 fully saturated rings. The van der Waals surface area contributed by atoms with E-state index in [0.29, 0.717) is 42.6 Å². The van der Waals surface area contributed by atoms with Gasteiger partial charge in [-0.25, -0.2) is 0 Å². The summed E-state index contributed by atoms with van der Waals surface area (Å²) in [6, 6.07) is 20.7. The van der Waals surface area contributed by atoms with Gasteiger partial charge in [-0.3, -0.25) is 14.5 Å². The van der Waals surface area contributed by atoms with Crippen molar-refractivity contribution in [2.75, 3.05) is 18.4 Å². The van der Waals surface area contributed by atoms with Gasteiger partial charge in [0.25, 0.3) is 5.91 Å². The Kier molecular flexibility index (Phi) is 7.49. The Morgan fingerprint density at radius 2 is 1.89 bits per heavy atom. The number of para-hydroxylation sites is 1. The molecular formula is C27H27N5O3S. The van der Waals surface area contributed by atoms with Crippen LogP contribution in [0.25, 0.3) is 10.7 Å². The first-order valence-corrected chi connectivity index (χ1v) is 12.8. The van der Waals surface area contributed by atoms with Crippen molar-refractivity contribution in [2.45, 2.75) is 25.9 Å². The second-order valence-corrected chi connectivity index (χ2v) is 9.71. The fourth-order valence-corrected chi connectivity index (χ4v) is 4.98. The fourth-order valence-electron chi connectivity index (χ4n) is 4.33. The quantitative estimate of drug-likeness (QED) is 0.367. The number of aromatic nitrogens is 2. The van der Waals surface area contributed by atoms with Gasteiger partial charge in [0, 0.05) is 13.1 Å². The number of likely N-dealkylation sites (tertiary alicyclic amines) is 1. The zero-order valence-electron chi connectivity index (χ0n) is 19.7. The van der Waals surface area contributed by atoms with Gasteiger partial charge < -0.3 is 15.2 Å². The number of anilines is 1. The molecule has 3 heterocycles. The molecule has 1 saturated heterocycles. The maximum atomic E-state index is 13.2. The summed E-state index contributed by atoms with van der Waals surface area (Å²) < 4.78 is 5.44. The van der Waals surface area contributed by atoms with E-state index in [2.05, 4.69) is 25.7 Å². The van der Waals surface area contributed by atoms with Gasteiger partial charge >= 0.3 is 0 Å². The smallest absolute Gasteiger partial charge is 0.253 e. The molecule has 1 unspecified atom stereocenters. The van der Waals surface area contributed by atoms with Crippen molar-refractivity contribution >= 4 is 28.8 Å². The molecule has 4 aromatic rings. The second kappa shape index (κ2) is 11.3. The van der Waals surface area contributed by atoms with Crippen LogP contribution in [0.3, 0.4) is 0 Å². The molecule has 0 radical (unpaired) electrons. The number of piperidine rings is 1. The average Bonchev–Trinajstić information content (AvgIpc) is 3.61. The Balaban J connectivity index is 1.19. The fraction of sp³-hybridized carbons (Fsp3) is 0.259. The normalized spacial score (nSPS) is 15.9. The summed E-state index contributed by atoms with van der Waals surface area (Å²) in [6.45, 7) is 2.37. The number of carbonyl (C=O) groups excluding carboxylic acids is 2. The van der Waals surface area contributed by atoms with Gasteiger partial charge in [-0.2, -0.15) is 4.98 Å². The van der Waals surface area contributed by atoms with E-state index >= 15 is 0 Å². The molecule has 2 aromatic carbocycles. The Labute approximate surface area is 213 Å². The topological polar surface area (TPSA) is 100 Å². The van der Waals surface area contributed by atoms with Gasteiger partial charge in [-0.1, -0.05) is 53.7 Å². The Hall–Kier alpha value is -3.82. The molecule has 2 N–H and O–H groups in total. The molecule has 1 aliphatic heterocycles. The van der Waals surface area contributed by atoms with E-state index < -0.39 is 0 Å². The number of amides is 2. The van der Waals surface area contributed by atoms with E-state index in [1.54, 1.807) is 29.5 Å². The van der Waals surface area contributed by atoms with Crippen molar-refractivity contribution < 1.29 is 14.1 Å². The highest BCUT2D eigenvalue weighted by atomic mass is 32.1. The zero-order chi connectivity index (χ0) is 24.7. The van der Waals surface area contributed by atoms with E-state index in [4.69, 9.17) is 4.52 Å². The molecule has 184 valence electrons. The molecule has 0 spiro atoms. The number of hydrogen-bond donors (Lipinski definition) is 2. The monoisotopic (exact) mass is 501 g/mol. The molecule has 9 heteroatoms. The Bertz CT molecular complexity index is 1310. The molecule has 8 nitrogen and oxygen atoms in total. The molecule has 0 bridgehead atoms. The number of nitrogens with zero attached hydrogens (tertiary/aromatic N) is 3. The SMILES string of the molecule is O=C(NCc1ccccc1)c1ccccc1NC(=O)C1CCCN(Cc2nc(-c3cccs3)no2)C1. The number of rotatable bonds is 8. The number of hydrogen-bond acceptors (Lipinski definition) is 7. The van der Waals surface area contributed by atoms with Crippen LogP contribution in [-0.2, 0) is 17.9 Å². The summed E-state index contributed by atoms with van der Waals surface area (Å²) in [6.07, 6.45) is 1.68. The van der Waals surface area contributed by atoms with Crippen molar-refractivity contribution in [1.82, 2.24) is 20.4 Å². The lowest BCUT2D eigenvalue weighted by molar-refractivity contribution is -0.121. The highest BCUT2D eigenvalue weighted by molar-refractivity contribution is 7.13. The summed E-state index contributed by atoms with van der Waals surface area (Å²) >= 11 is 1.57. The van der Waals surface area contributed by atoms with Crippen LogP contribution >= 0.6 is 11.3 Å². The zero-order valence-corrected chi connectivity index (χ0v) is 20.5. The van der Waals surface area contributed by atoms with Crippen molar-refractivity contribution in [1.29, 1.82) is 0 Å². The lowest BCUT2D eigenvalue weighted by Gasteiger charge is -2.31. The van der Waals surface area contributed by atoms with Crippen LogP contribution in [-0.4, -0.2) is 39.9 Å². The average molecular weight is 502 g/mol. The maximum absolute atomic E-state index is 13.2. The van der Waals surface area contributed by atoms with Gasteiger partial charge in [0.15, 0.2) is 0 Å². The molecule has 2 aromatic heterocycles. The van der Waals surface area contributed by atoms with E-state index in [-0.39, 0.29) is 17.7 Å². The van der Waals surface area contributed by atoms with Crippen molar-refractivity contribution in [3.8, 4) is 10.7 Å². The third kappa shape index (κ3) is 5.87. The van der Waals surface area contributed by atoms with E-state index in [9.17, 15) is 9.59 Å². The molecule has 0 saturated carbocycles. The summed E-state index contributed by atoms with van der Waals surface area (Å²) in [7, 11) is 0. The van der Waals surface area contributed by atoms with Crippen LogP contribution in [0.15, 0.2) is 76.6 Å². The molecular weight excluding hydrogens is 474 g/mol. The lowest BCUT2D eigenvalue weighted by Crippen LogP contribution is -2.40. The summed E-state index contributed by atoms with van der Waals surface area (Å²) in [5.74, 6) is 0.623. The molecule has 1 atom stereocenters. The van der Waals surface area contributed by atoms with E-state index in [1.807, 2.05) is 53.9 Å². The lowest BCUT2D eigenvalue weighted by atomic mass is 9.96. The highest BCUT2D eigenvalue weighted by Gasteiger charge is 2.28. The molecule has 5 rings (SSSR count). The maximum Gasteiger partial charge on any atom is 0.253 e. The first kappa shape index (κ1) is 23.9. The number of carbonyl (C=O) groups is 2. The molecule has 2 amide bonds. The number of benzene rings is 2. The molecule has 1 aliphatic rings. The minimum absolute atomic E-state index is 0.0900. The van der Waals surface area contributed by atoms with Gasteiger partial charge in [0.2, 0.25) is 17.6 Å². The predicted octanol–water partition coefficient (Wildman–Crippen LogP) is 4.58. The van der Waals surface area contributed by atoms with Crippen LogP contribution in [0, 0.1) is 5.92 Å². The number of nitrogens with one attached hydrogen (secondary N) is 2. The molecule has 0 aliphatic carbocycles. The standard InChI is InChI=1S/C27H27N5O3S/c33-26(29-22-12-5-4-11-21(22)27(34)28-16-19-8-2-1-3-9-19)20-10-6-14-32(17-20)18-24-30-25(31-35-24)23-13-7-15-36-23/h1-5,7-9,11-13,15,20H,6,10,14,16-18H2,(H,28,34)(H,29,33). The predicted molar refractivity (Wildman–Crippen MR) is 138 cm³/mol. The van der Waals surface area contributed by atoms with Crippen LogP contribution < -0.4 is 10.6 Å². The first-order valence-electron chi connectivity index (χ1n) is 12.0. The van der Waals surface area contributed by atoms with Crippen molar-refractivity contribution in [2.24, 2.45) is 5.92 Å². The third-order valence-corrected chi connectivity index (χ3v) is 7.04.